The third-order valence-corrected chi connectivity index (χ3v) is 4.34. The van der Waals surface area contributed by atoms with Crippen LogP contribution in [0.1, 0.15) is 27.2 Å². The van der Waals surface area contributed by atoms with Crippen LogP contribution >= 0.6 is 23.5 Å². The Labute approximate surface area is 84.0 Å². The van der Waals surface area contributed by atoms with Crippen LogP contribution in [0.2, 0.25) is 0 Å². The van der Waals surface area contributed by atoms with Gasteiger partial charge in [-0.05, 0) is 17.9 Å². The van der Waals surface area contributed by atoms with Gasteiger partial charge in [0.05, 0.1) is 0 Å². The molecule has 1 saturated heterocycles. The van der Waals surface area contributed by atoms with E-state index in [1.807, 2.05) is 23.5 Å². The van der Waals surface area contributed by atoms with Gasteiger partial charge in [0.25, 0.3) is 0 Å². The van der Waals surface area contributed by atoms with Crippen molar-refractivity contribution in [3.8, 4) is 0 Å². The van der Waals surface area contributed by atoms with Crippen LogP contribution in [-0.4, -0.2) is 28.3 Å². The van der Waals surface area contributed by atoms with Crippen LogP contribution in [0, 0.1) is 0 Å². The summed E-state index contributed by atoms with van der Waals surface area (Å²) in [5, 5.41) is 0.689. The molecule has 0 bridgehead atoms. The maximum atomic E-state index is 5.56. The predicted molar refractivity (Wildman–Crippen MR) is 59.0 cm³/mol. The zero-order chi connectivity index (χ0) is 8.97. The topological polar surface area (TPSA) is 12.5 Å². The Kier molecular flexibility index (Phi) is 4.84. The molecule has 3 heteroatoms. The molecular weight excluding hydrogens is 188 g/mol. The Hall–Kier alpha value is 0.660. The number of epoxide rings is 1. The Morgan fingerprint density at radius 2 is 2.17 bits per heavy atom. The molecule has 1 nitrogen and oxygen atoms in total. The Morgan fingerprint density at radius 3 is 2.75 bits per heavy atom. The molecule has 1 fully saturated rings. The summed E-state index contributed by atoms with van der Waals surface area (Å²) in [7, 11) is 0. The molecule has 0 N–H and O–H groups in total. The average molecular weight is 206 g/mol. The van der Waals surface area contributed by atoms with Crippen molar-refractivity contribution in [3.63, 3.8) is 0 Å². The van der Waals surface area contributed by atoms with Crippen LogP contribution in [0.5, 0.6) is 0 Å². The highest BCUT2D eigenvalue weighted by atomic mass is 32.2. The SMILES string of the molecule is CCCSC(C)C1OC1SCC. The minimum Gasteiger partial charge on any atom is -0.357 e. The minimum atomic E-state index is 0.509. The lowest BCUT2D eigenvalue weighted by molar-refractivity contribution is 0.399. The van der Waals surface area contributed by atoms with Crippen LogP contribution in [0.15, 0.2) is 0 Å². The lowest BCUT2D eigenvalue weighted by Gasteiger charge is -2.05. The molecule has 72 valence electrons. The molecule has 1 rings (SSSR count). The van der Waals surface area contributed by atoms with Gasteiger partial charge in [-0.3, -0.25) is 0 Å². The summed E-state index contributed by atoms with van der Waals surface area (Å²) in [4.78, 5) is 0. The maximum absolute atomic E-state index is 5.56. The first-order chi connectivity index (χ1) is 5.79. The summed E-state index contributed by atoms with van der Waals surface area (Å²) in [5.74, 6) is 2.44. The molecule has 1 aliphatic heterocycles. The third-order valence-electron chi connectivity index (χ3n) is 1.86. The summed E-state index contributed by atoms with van der Waals surface area (Å²) in [6.07, 6.45) is 1.80. The highest BCUT2D eigenvalue weighted by Gasteiger charge is 2.42. The Bertz CT molecular complexity index is 130. The molecule has 3 atom stereocenters. The van der Waals surface area contributed by atoms with Crippen molar-refractivity contribution >= 4 is 23.5 Å². The van der Waals surface area contributed by atoms with E-state index in [1.54, 1.807) is 0 Å². The van der Waals surface area contributed by atoms with E-state index in [1.165, 1.54) is 17.9 Å². The van der Waals surface area contributed by atoms with E-state index in [0.717, 1.165) is 0 Å². The third kappa shape index (κ3) is 3.19. The summed E-state index contributed by atoms with van der Waals surface area (Å²) >= 11 is 3.97. The molecule has 3 unspecified atom stereocenters. The highest BCUT2D eigenvalue weighted by Crippen LogP contribution is 2.39. The second-order valence-corrected chi connectivity index (χ2v) is 5.86. The molecule has 0 amide bonds. The second-order valence-electron chi connectivity index (χ2n) is 3.00. The fourth-order valence-electron chi connectivity index (χ4n) is 1.14. The van der Waals surface area contributed by atoms with Gasteiger partial charge in [0.1, 0.15) is 11.5 Å². The number of rotatable bonds is 6. The molecule has 0 radical (unpaired) electrons. The summed E-state index contributed by atoms with van der Waals surface area (Å²) in [6.45, 7) is 6.69. The van der Waals surface area contributed by atoms with E-state index in [9.17, 15) is 0 Å². The lowest BCUT2D eigenvalue weighted by atomic mass is 10.4. The summed E-state index contributed by atoms with van der Waals surface area (Å²) in [6, 6.07) is 0. The predicted octanol–water partition coefficient (Wildman–Crippen LogP) is 3.00. The molecular formula is C9H18OS2. The van der Waals surface area contributed by atoms with E-state index in [4.69, 9.17) is 4.74 Å². The maximum Gasteiger partial charge on any atom is 0.131 e. The summed E-state index contributed by atoms with van der Waals surface area (Å²) in [5.41, 5.74) is 0.509. The van der Waals surface area contributed by atoms with Gasteiger partial charge in [0, 0.05) is 5.25 Å². The fourth-order valence-corrected chi connectivity index (χ4v) is 3.20. The molecule has 12 heavy (non-hydrogen) atoms. The van der Waals surface area contributed by atoms with Crippen molar-refractivity contribution in [3.05, 3.63) is 0 Å². The van der Waals surface area contributed by atoms with Crippen LogP contribution in [0.25, 0.3) is 0 Å². The monoisotopic (exact) mass is 206 g/mol. The zero-order valence-corrected chi connectivity index (χ0v) is 9.71. The van der Waals surface area contributed by atoms with Crippen molar-refractivity contribution in [2.45, 2.75) is 44.0 Å². The smallest absolute Gasteiger partial charge is 0.131 e. The average Bonchev–Trinajstić information content (AvgIpc) is 2.80. The van der Waals surface area contributed by atoms with Gasteiger partial charge in [-0.15, -0.1) is 11.8 Å². The molecule has 0 saturated carbocycles. The van der Waals surface area contributed by atoms with Crippen LogP contribution < -0.4 is 0 Å². The van der Waals surface area contributed by atoms with Crippen LogP contribution in [0.3, 0.4) is 0 Å². The van der Waals surface area contributed by atoms with Gasteiger partial charge in [0.15, 0.2) is 0 Å². The van der Waals surface area contributed by atoms with Crippen molar-refractivity contribution in [1.29, 1.82) is 0 Å². The first-order valence-corrected chi connectivity index (χ1v) is 6.78. The molecule has 0 spiro atoms. The van der Waals surface area contributed by atoms with E-state index in [-0.39, 0.29) is 0 Å². The second kappa shape index (κ2) is 5.40. The van der Waals surface area contributed by atoms with Crippen molar-refractivity contribution < 1.29 is 4.74 Å². The van der Waals surface area contributed by atoms with Gasteiger partial charge < -0.3 is 4.74 Å². The molecule has 0 aliphatic carbocycles. The normalized spacial score (nSPS) is 30.2. The number of ether oxygens (including phenoxy) is 1. The van der Waals surface area contributed by atoms with Crippen molar-refractivity contribution in [1.82, 2.24) is 0 Å². The minimum absolute atomic E-state index is 0.509. The Balaban J connectivity index is 2.06. The molecule has 1 aliphatic rings. The Morgan fingerprint density at radius 1 is 1.42 bits per heavy atom. The van der Waals surface area contributed by atoms with E-state index >= 15 is 0 Å². The fraction of sp³-hybridized carbons (Fsp3) is 1.00. The quantitative estimate of drug-likeness (QED) is 0.620. The standard InChI is InChI=1S/C9H18OS2/c1-4-6-12-7(3)8-9(10-8)11-5-2/h7-9H,4-6H2,1-3H3. The van der Waals surface area contributed by atoms with Gasteiger partial charge in [-0.2, -0.15) is 11.8 Å². The van der Waals surface area contributed by atoms with Gasteiger partial charge in [-0.25, -0.2) is 0 Å². The molecule has 0 aromatic carbocycles. The van der Waals surface area contributed by atoms with Gasteiger partial charge >= 0.3 is 0 Å². The van der Waals surface area contributed by atoms with E-state index in [0.29, 0.717) is 16.8 Å². The van der Waals surface area contributed by atoms with Crippen molar-refractivity contribution in [2.24, 2.45) is 0 Å². The van der Waals surface area contributed by atoms with E-state index < -0.39 is 0 Å². The number of thioether (sulfide) groups is 2. The van der Waals surface area contributed by atoms with Gasteiger partial charge in [-0.1, -0.05) is 20.8 Å². The molecule has 0 aromatic heterocycles. The molecule has 0 aromatic rings. The number of hydrogen-bond acceptors (Lipinski definition) is 3. The lowest BCUT2D eigenvalue weighted by Crippen LogP contribution is -2.08. The van der Waals surface area contributed by atoms with Gasteiger partial charge in [0.2, 0.25) is 0 Å². The summed E-state index contributed by atoms with van der Waals surface area (Å²) < 4.78 is 5.56. The van der Waals surface area contributed by atoms with Crippen LogP contribution in [0.4, 0.5) is 0 Å². The zero-order valence-electron chi connectivity index (χ0n) is 8.08. The number of hydrogen-bond donors (Lipinski definition) is 0. The van der Waals surface area contributed by atoms with Crippen molar-refractivity contribution in [2.75, 3.05) is 11.5 Å². The highest BCUT2D eigenvalue weighted by molar-refractivity contribution is 8.01. The first kappa shape index (κ1) is 10.7. The first-order valence-electron chi connectivity index (χ1n) is 4.68. The van der Waals surface area contributed by atoms with E-state index in [2.05, 4.69) is 20.8 Å². The molecule has 1 heterocycles. The van der Waals surface area contributed by atoms with Crippen LogP contribution in [-0.2, 0) is 4.74 Å². The largest absolute Gasteiger partial charge is 0.357 e.